The van der Waals surface area contributed by atoms with E-state index < -0.39 is 0 Å². The first-order chi connectivity index (χ1) is 5.08. The molecule has 1 aromatic carbocycles. The maximum absolute atomic E-state index is 2.20. The van der Waals surface area contributed by atoms with E-state index in [0.29, 0.717) is 0 Å². The minimum atomic E-state index is 0. The van der Waals surface area contributed by atoms with Gasteiger partial charge in [0.25, 0.3) is 0 Å². The molecule has 1 rings (SSSR count). The molecule has 2 heteroatoms. The Morgan fingerprint density at radius 1 is 1.00 bits per heavy atom. The zero-order valence-corrected chi connectivity index (χ0v) is 10.5. The quantitative estimate of drug-likeness (QED) is 0.393. The van der Waals surface area contributed by atoms with Crippen LogP contribution in [0.3, 0.4) is 0 Å². The molecule has 1 nitrogen and oxygen atoms in total. The van der Waals surface area contributed by atoms with Crippen molar-refractivity contribution in [1.29, 1.82) is 0 Å². The van der Waals surface area contributed by atoms with Crippen LogP contribution in [0.5, 0.6) is 0 Å². The third-order valence-electron chi connectivity index (χ3n) is 1.50. The van der Waals surface area contributed by atoms with E-state index in [4.69, 9.17) is 0 Å². The first-order valence-electron chi connectivity index (χ1n) is 3.92. The normalized spacial score (nSPS) is 10.6. The summed E-state index contributed by atoms with van der Waals surface area (Å²) in [6.07, 6.45) is 0. The molecular formula is C10H16NNa+2. The van der Waals surface area contributed by atoms with Crippen LogP contribution < -0.4 is 29.6 Å². The predicted octanol–water partition coefficient (Wildman–Crippen LogP) is -1.10. The minimum absolute atomic E-state index is 0. The van der Waals surface area contributed by atoms with Crippen molar-refractivity contribution in [3.8, 4) is 0 Å². The van der Waals surface area contributed by atoms with E-state index in [2.05, 4.69) is 51.5 Å². The molecule has 0 saturated carbocycles. The number of benzene rings is 1. The topological polar surface area (TPSA) is 0 Å². The third kappa shape index (κ3) is 4.94. The molecule has 0 aliphatic heterocycles. The summed E-state index contributed by atoms with van der Waals surface area (Å²) < 4.78 is 0.990. The van der Waals surface area contributed by atoms with Crippen molar-refractivity contribution in [2.75, 3.05) is 21.1 Å². The SMILES string of the molecule is C[N+](C)(C)Cc1ccccc1.[Na+]. The average molecular weight is 173 g/mol. The largest absolute Gasteiger partial charge is 1.00 e. The average Bonchev–Trinajstić information content (AvgIpc) is 1.85. The van der Waals surface area contributed by atoms with Gasteiger partial charge in [-0.15, -0.1) is 0 Å². The molecule has 0 radical (unpaired) electrons. The Labute approximate surface area is 97.3 Å². The molecule has 0 heterocycles. The van der Waals surface area contributed by atoms with Crippen LogP contribution in [0.15, 0.2) is 30.3 Å². The number of hydrogen-bond acceptors (Lipinski definition) is 0. The second-order valence-corrected chi connectivity index (χ2v) is 3.93. The standard InChI is InChI=1S/C10H16N.Na/c1-11(2,3)9-10-7-5-4-6-8-10;/h4-8H,9H2,1-3H3;/q2*+1. The number of nitrogens with zero attached hydrogens (tertiary/aromatic N) is 1. The van der Waals surface area contributed by atoms with Crippen LogP contribution in [0.25, 0.3) is 0 Å². The van der Waals surface area contributed by atoms with Gasteiger partial charge in [0.2, 0.25) is 0 Å². The molecule has 60 valence electrons. The first kappa shape index (κ1) is 12.2. The van der Waals surface area contributed by atoms with Crippen molar-refractivity contribution in [2.45, 2.75) is 6.54 Å². The molecule has 0 saturated heterocycles. The summed E-state index contributed by atoms with van der Waals surface area (Å²) >= 11 is 0. The van der Waals surface area contributed by atoms with E-state index in [1.54, 1.807) is 0 Å². The summed E-state index contributed by atoms with van der Waals surface area (Å²) in [6, 6.07) is 10.6. The Morgan fingerprint density at radius 3 is 1.92 bits per heavy atom. The fourth-order valence-electron chi connectivity index (χ4n) is 1.13. The van der Waals surface area contributed by atoms with Crippen LogP contribution in [0.1, 0.15) is 5.56 Å². The van der Waals surface area contributed by atoms with E-state index >= 15 is 0 Å². The summed E-state index contributed by atoms with van der Waals surface area (Å²) in [5, 5.41) is 0. The minimum Gasteiger partial charge on any atom is -0.327 e. The summed E-state index contributed by atoms with van der Waals surface area (Å²) in [4.78, 5) is 0. The summed E-state index contributed by atoms with van der Waals surface area (Å²) in [7, 11) is 6.60. The predicted molar refractivity (Wildman–Crippen MR) is 48.2 cm³/mol. The molecule has 0 amide bonds. The van der Waals surface area contributed by atoms with Gasteiger partial charge in [-0.25, -0.2) is 0 Å². The molecule has 0 aliphatic rings. The van der Waals surface area contributed by atoms with E-state index in [1.807, 2.05) is 0 Å². The van der Waals surface area contributed by atoms with E-state index in [9.17, 15) is 0 Å². The van der Waals surface area contributed by atoms with Crippen molar-refractivity contribution in [1.82, 2.24) is 0 Å². The maximum Gasteiger partial charge on any atom is 1.00 e. The van der Waals surface area contributed by atoms with Crippen LogP contribution >= 0.6 is 0 Å². The van der Waals surface area contributed by atoms with Crippen molar-refractivity contribution in [3.63, 3.8) is 0 Å². The van der Waals surface area contributed by atoms with Crippen LogP contribution in [-0.2, 0) is 6.54 Å². The second-order valence-electron chi connectivity index (χ2n) is 3.93. The van der Waals surface area contributed by atoms with Crippen LogP contribution in [0, 0.1) is 0 Å². The van der Waals surface area contributed by atoms with Gasteiger partial charge in [0.05, 0.1) is 21.1 Å². The number of quaternary nitrogens is 1. The zero-order valence-electron chi connectivity index (χ0n) is 8.54. The molecule has 0 unspecified atom stereocenters. The Balaban J connectivity index is 0.00000121. The van der Waals surface area contributed by atoms with Gasteiger partial charge >= 0.3 is 29.6 Å². The van der Waals surface area contributed by atoms with Gasteiger partial charge in [0.1, 0.15) is 6.54 Å². The first-order valence-corrected chi connectivity index (χ1v) is 3.92. The smallest absolute Gasteiger partial charge is 0.327 e. The van der Waals surface area contributed by atoms with Gasteiger partial charge in [-0.05, 0) is 0 Å². The Morgan fingerprint density at radius 2 is 1.50 bits per heavy atom. The molecule has 12 heavy (non-hydrogen) atoms. The molecule has 0 spiro atoms. The van der Waals surface area contributed by atoms with Gasteiger partial charge in [0.15, 0.2) is 0 Å². The zero-order chi connectivity index (χ0) is 8.32. The van der Waals surface area contributed by atoms with E-state index in [0.717, 1.165) is 11.0 Å². The summed E-state index contributed by atoms with van der Waals surface area (Å²) in [6.45, 7) is 1.10. The molecule has 0 aliphatic carbocycles. The number of rotatable bonds is 2. The Kier molecular flexibility index (Phi) is 5.10. The number of hydrogen-bond donors (Lipinski definition) is 0. The summed E-state index contributed by atoms with van der Waals surface area (Å²) in [5.41, 5.74) is 1.40. The molecule has 0 bridgehead atoms. The fraction of sp³-hybridized carbons (Fsp3) is 0.400. The fourth-order valence-corrected chi connectivity index (χ4v) is 1.13. The molecule has 0 fully saturated rings. The van der Waals surface area contributed by atoms with Gasteiger partial charge < -0.3 is 4.48 Å². The molecule has 0 N–H and O–H groups in total. The van der Waals surface area contributed by atoms with Crippen molar-refractivity contribution >= 4 is 0 Å². The monoisotopic (exact) mass is 173 g/mol. The Hall–Kier alpha value is 0.180. The van der Waals surface area contributed by atoms with E-state index in [-0.39, 0.29) is 29.6 Å². The third-order valence-corrected chi connectivity index (χ3v) is 1.50. The van der Waals surface area contributed by atoms with Gasteiger partial charge in [-0.1, -0.05) is 30.3 Å². The summed E-state index contributed by atoms with van der Waals surface area (Å²) in [5.74, 6) is 0. The van der Waals surface area contributed by atoms with Crippen molar-refractivity contribution in [2.24, 2.45) is 0 Å². The van der Waals surface area contributed by atoms with E-state index in [1.165, 1.54) is 5.56 Å². The molecular weight excluding hydrogens is 157 g/mol. The molecule has 1 aromatic rings. The van der Waals surface area contributed by atoms with Crippen LogP contribution in [0.4, 0.5) is 0 Å². The van der Waals surface area contributed by atoms with Crippen molar-refractivity contribution < 1.29 is 34.0 Å². The van der Waals surface area contributed by atoms with Crippen molar-refractivity contribution in [3.05, 3.63) is 35.9 Å². The molecule has 0 atom stereocenters. The Bertz CT molecular complexity index is 213. The van der Waals surface area contributed by atoms with Crippen LogP contribution in [-0.4, -0.2) is 25.6 Å². The maximum atomic E-state index is 2.20. The van der Waals surface area contributed by atoms with Gasteiger partial charge in [-0.3, -0.25) is 0 Å². The van der Waals surface area contributed by atoms with Gasteiger partial charge in [0, 0.05) is 5.56 Å². The second kappa shape index (κ2) is 5.03. The van der Waals surface area contributed by atoms with Gasteiger partial charge in [-0.2, -0.15) is 0 Å². The molecule has 0 aromatic heterocycles. The van der Waals surface area contributed by atoms with Crippen LogP contribution in [0.2, 0.25) is 0 Å².